The van der Waals surface area contributed by atoms with Crippen LogP contribution in [0.5, 0.6) is 0 Å². The molecule has 0 aliphatic carbocycles. The van der Waals surface area contributed by atoms with Crippen LogP contribution in [0.1, 0.15) is 5.56 Å². The number of sulfonamides is 1. The van der Waals surface area contributed by atoms with Gasteiger partial charge < -0.3 is 10.2 Å². The number of hydrogen-bond donors (Lipinski definition) is 2. The van der Waals surface area contributed by atoms with Gasteiger partial charge in [0.25, 0.3) is 10.0 Å². The molecule has 4 rings (SSSR count). The highest BCUT2D eigenvalue weighted by Crippen LogP contribution is 2.30. The monoisotopic (exact) mass is 479 g/mol. The Morgan fingerprint density at radius 3 is 2.48 bits per heavy atom. The van der Waals surface area contributed by atoms with Crippen LogP contribution in [0, 0.1) is 6.92 Å². The molecule has 7 nitrogen and oxygen atoms in total. The standard InChI is InChI=1S/C21H22ClN5O2S.ClH/c1-15-5-2-3-6-16(15)21-17(22)9-10-18(24-21)26-30(28,29)20-8-4-7-19(25-20)27-13-11-23-12-14-27;/h2-10,23H,11-14H2,1H3,(H,24,26);1H. The average molecular weight is 480 g/mol. The van der Waals surface area contributed by atoms with E-state index in [9.17, 15) is 8.42 Å². The molecule has 0 spiro atoms. The molecule has 31 heavy (non-hydrogen) atoms. The minimum atomic E-state index is -3.91. The summed E-state index contributed by atoms with van der Waals surface area (Å²) in [4.78, 5) is 10.9. The van der Waals surface area contributed by atoms with Crippen molar-refractivity contribution >= 4 is 45.7 Å². The van der Waals surface area contributed by atoms with Crippen LogP contribution in [0.3, 0.4) is 0 Å². The minimum Gasteiger partial charge on any atom is -0.354 e. The van der Waals surface area contributed by atoms with Crippen molar-refractivity contribution < 1.29 is 8.42 Å². The summed E-state index contributed by atoms with van der Waals surface area (Å²) < 4.78 is 28.4. The van der Waals surface area contributed by atoms with E-state index in [4.69, 9.17) is 11.6 Å². The van der Waals surface area contributed by atoms with E-state index in [1.807, 2.05) is 37.3 Å². The average Bonchev–Trinajstić information content (AvgIpc) is 2.76. The molecule has 0 amide bonds. The summed E-state index contributed by atoms with van der Waals surface area (Å²) in [6.45, 7) is 5.20. The van der Waals surface area contributed by atoms with Gasteiger partial charge in [0, 0.05) is 31.7 Å². The normalized spacial score (nSPS) is 14.1. The molecular weight excluding hydrogens is 457 g/mol. The Kier molecular flexibility index (Phi) is 7.38. The van der Waals surface area contributed by atoms with Crippen molar-refractivity contribution in [2.75, 3.05) is 35.8 Å². The van der Waals surface area contributed by atoms with Gasteiger partial charge in [0.1, 0.15) is 11.6 Å². The highest BCUT2D eigenvalue weighted by Gasteiger charge is 2.20. The molecule has 10 heteroatoms. The van der Waals surface area contributed by atoms with E-state index in [0.29, 0.717) is 16.5 Å². The number of benzene rings is 1. The van der Waals surface area contributed by atoms with E-state index in [0.717, 1.165) is 37.3 Å². The zero-order chi connectivity index (χ0) is 21.1. The number of pyridine rings is 2. The van der Waals surface area contributed by atoms with Gasteiger partial charge in [0.2, 0.25) is 0 Å². The topological polar surface area (TPSA) is 87.2 Å². The molecule has 0 unspecified atom stereocenters. The maximum atomic E-state index is 13.0. The Hall–Kier alpha value is -2.39. The Morgan fingerprint density at radius 1 is 1.00 bits per heavy atom. The molecule has 1 aromatic carbocycles. The van der Waals surface area contributed by atoms with Crippen molar-refractivity contribution in [2.45, 2.75) is 11.9 Å². The van der Waals surface area contributed by atoms with E-state index in [1.165, 1.54) is 6.07 Å². The Morgan fingerprint density at radius 2 is 1.74 bits per heavy atom. The predicted octanol–water partition coefficient (Wildman–Crippen LogP) is 3.74. The second kappa shape index (κ2) is 9.82. The van der Waals surface area contributed by atoms with Crippen LogP contribution >= 0.6 is 24.0 Å². The van der Waals surface area contributed by atoms with Crippen molar-refractivity contribution in [3.63, 3.8) is 0 Å². The van der Waals surface area contributed by atoms with Gasteiger partial charge in [0.05, 0.1) is 10.7 Å². The first-order valence-corrected chi connectivity index (χ1v) is 11.5. The zero-order valence-corrected chi connectivity index (χ0v) is 19.3. The molecule has 2 N–H and O–H groups in total. The molecule has 1 saturated heterocycles. The van der Waals surface area contributed by atoms with E-state index in [1.54, 1.807) is 18.2 Å². The first kappa shape index (κ1) is 23.3. The summed E-state index contributed by atoms with van der Waals surface area (Å²) in [6.07, 6.45) is 0. The van der Waals surface area contributed by atoms with Crippen LogP contribution in [-0.2, 0) is 10.0 Å². The molecule has 3 aromatic rings. The van der Waals surface area contributed by atoms with Crippen molar-refractivity contribution in [2.24, 2.45) is 0 Å². The van der Waals surface area contributed by atoms with Crippen LogP contribution in [0.4, 0.5) is 11.6 Å². The Bertz CT molecular complexity index is 1170. The van der Waals surface area contributed by atoms with E-state index < -0.39 is 10.0 Å². The molecule has 3 heterocycles. The number of nitrogens with zero attached hydrogens (tertiary/aromatic N) is 3. The number of anilines is 2. The zero-order valence-electron chi connectivity index (χ0n) is 16.9. The molecule has 0 saturated carbocycles. The Balaban J connectivity index is 0.00000272. The van der Waals surface area contributed by atoms with Crippen LogP contribution in [0.15, 0.2) is 59.6 Å². The number of halogens is 2. The van der Waals surface area contributed by atoms with Crippen molar-refractivity contribution in [1.29, 1.82) is 0 Å². The second-order valence-corrected chi connectivity index (χ2v) is 9.05. The maximum Gasteiger partial charge on any atom is 0.280 e. The van der Waals surface area contributed by atoms with E-state index >= 15 is 0 Å². The van der Waals surface area contributed by atoms with E-state index in [2.05, 4.69) is 24.9 Å². The second-order valence-electron chi connectivity index (χ2n) is 7.02. The quantitative estimate of drug-likeness (QED) is 0.579. The number of aryl methyl sites for hydroxylation is 1. The lowest BCUT2D eigenvalue weighted by Crippen LogP contribution is -2.44. The fraction of sp³-hybridized carbons (Fsp3) is 0.238. The number of rotatable bonds is 5. The van der Waals surface area contributed by atoms with Gasteiger partial charge in [-0.2, -0.15) is 8.42 Å². The molecule has 1 fully saturated rings. The first-order valence-electron chi connectivity index (χ1n) is 9.62. The van der Waals surface area contributed by atoms with E-state index in [-0.39, 0.29) is 23.3 Å². The van der Waals surface area contributed by atoms with Gasteiger partial charge in [-0.05, 0) is 36.8 Å². The summed E-state index contributed by atoms with van der Waals surface area (Å²) in [6, 6.07) is 15.9. The lowest BCUT2D eigenvalue weighted by atomic mass is 10.1. The summed E-state index contributed by atoms with van der Waals surface area (Å²) in [7, 11) is -3.91. The molecule has 2 aromatic heterocycles. The molecule has 1 aliphatic rings. The van der Waals surface area contributed by atoms with Gasteiger partial charge >= 0.3 is 0 Å². The number of hydrogen-bond acceptors (Lipinski definition) is 6. The Labute approximate surface area is 193 Å². The summed E-state index contributed by atoms with van der Waals surface area (Å²) in [5, 5.41) is 3.67. The number of nitrogens with one attached hydrogen (secondary N) is 2. The van der Waals surface area contributed by atoms with Gasteiger partial charge in [-0.15, -0.1) is 12.4 Å². The van der Waals surface area contributed by atoms with Crippen LogP contribution in [0.25, 0.3) is 11.3 Å². The van der Waals surface area contributed by atoms with Crippen molar-refractivity contribution in [1.82, 2.24) is 15.3 Å². The summed E-state index contributed by atoms with van der Waals surface area (Å²) in [5.74, 6) is 0.830. The SMILES string of the molecule is Cc1ccccc1-c1nc(NS(=O)(=O)c2cccc(N3CCNCC3)n2)ccc1Cl.Cl. The molecule has 0 bridgehead atoms. The third-order valence-corrected chi connectivity index (χ3v) is 6.47. The van der Waals surface area contributed by atoms with Gasteiger partial charge in [-0.25, -0.2) is 9.97 Å². The molecular formula is C21H23Cl2N5O2S. The fourth-order valence-electron chi connectivity index (χ4n) is 3.34. The van der Waals surface area contributed by atoms with Crippen LogP contribution < -0.4 is 14.9 Å². The summed E-state index contributed by atoms with van der Waals surface area (Å²) in [5.41, 5.74) is 2.37. The molecule has 0 atom stereocenters. The van der Waals surface area contributed by atoms with Crippen molar-refractivity contribution in [3.8, 4) is 11.3 Å². The van der Waals surface area contributed by atoms with Crippen molar-refractivity contribution in [3.05, 3.63) is 65.2 Å². The third-order valence-electron chi connectivity index (χ3n) is 4.91. The fourth-order valence-corrected chi connectivity index (χ4v) is 4.51. The molecule has 164 valence electrons. The first-order chi connectivity index (χ1) is 14.4. The lowest BCUT2D eigenvalue weighted by molar-refractivity contribution is 0.580. The largest absolute Gasteiger partial charge is 0.354 e. The number of aromatic nitrogens is 2. The lowest BCUT2D eigenvalue weighted by Gasteiger charge is -2.28. The molecule has 1 aliphatic heterocycles. The highest BCUT2D eigenvalue weighted by atomic mass is 35.5. The smallest absolute Gasteiger partial charge is 0.280 e. The maximum absolute atomic E-state index is 13.0. The van der Waals surface area contributed by atoms with Gasteiger partial charge in [0.15, 0.2) is 5.03 Å². The van der Waals surface area contributed by atoms with Crippen LogP contribution in [0.2, 0.25) is 5.02 Å². The highest BCUT2D eigenvalue weighted by molar-refractivity contribution is 7.92. The third kappa shape index (κ3) is 5.27. The predicted molar refractivity (Wildman–Crippen MR) is 127 cm³/mol. The number of piperazine rings is 1. The van der Waals surface area contributed by atoms with Gasteiger partial charge in [-0.3, -0.25) is 4.72 Å². The molecule has 0 radical (unpaired) electrons. The van der Waals surface area contributed by atoms with Gasteiger partial charge in [-0.1, -0.05) is 41.9 Å². The summed E-state index contributed by atoms with van der Waals surface area (Å²) >= 11 is 6.34. The van der Waals surface area contributed by atoms with Crippen LogP contribution in [-0.4, -0.2) is 44.6 Å². The minimum absolute atomic E-state index is 0.